The molecule has 0 saturated carbocycles. The predicted octanol–water partition coefficient (Wildman–Crippen LogP) is 4.18. The molecule has 0 unspecified atom stereocenters. The van der Waals surface area contributed by atoms with Crippen molar-refractivity contribution in [1.29, 1.82) is 0 Å². The molecule has 2 aromatic carbocycles. The molecule has 0 radical (unpaired) electrons. The van der Waals surface area contributed by atoms with Crippen LogP contribution in [0.15, 0.2) is 35.1 Å². The predicted molar refractivity (Wildman–Crippen MR) is 108 cm³/mol. The molecule has 5 heteroatoms. The van der Waals surface area contributed by atoms with Crippen molar-refractivity contribution >= 4 is 37.2 Å². The molecule has 0 atom stereocenters. The first kappa shape index (κ1) is 17.7. The van der Waals surface area contributed by atoms with Gasteiger partial charge in [0, 0.05) is 27.9 Å². The summed E-state index contributed by atoms with van der Waals surface area (Å²) in [5.41, 5.74) is 1.46. The Hall–Kier alpha value is -2.11. The number of anilines is 1. The lowest BCUT2D eigenvalue weighted by Gasteiger charge is -2.19. The highest BCUT2D eigenvalue weighted by Gasteiger charge is 2.16. The lowest BCUT2D eigenvalue weighted by atomic mass is 10.1. The fourth-order valence-corrected chi connectivity index (χ4v) is 4.33. The number of nitrogens with one attached hydrogen (secondary N) is 1. The Morgan fingerprint density at radius 2 is 1.92 bits per heavy atom. The van der Waals surface area contributed by atoms with Crippen molar-refractivity contribution in [2.75, 3.05) is 31.5 Å². The van der Waals surface area contributed by atoms with Crippen LogP contribution in [0.1, 0.15) is 19.4 Å². The number of phenols is 1. The van der Waals surface area contributed by atoms with Crippen LogP contribution in [-0.2, 0) is 0 Å². The lowest BCUT2D eigenvalue weighted by molar-refractivity contribution is 0.316. The normalized spacial score (nSPS) is 11.5. The second-order valence-corrected chi connectivity index (χ2v) is 7.22. The van der Waals surface area contributed by atoms with Crippen LogP contribution in [0.2, 0.25) is 0 Å². The van der Waals surface area contributed by atoms with Crippen molar-refractivity contribution < 1.29 is 5.11 Å². The molecule has 0 fully saturated rings. The van der Waals surface area contributed by atoms with Gasteiger partial charge in [-0.3, -0.25) is 4.79 Å². The minimum Gasteiger partial charge on any atom is -0.506 e. The number of hydrogen-bond donors (Lipinski definition) is 2. The van der Waals surface area contributed by atoms with Gasteiger partial charge in [-0.15, -0.1) is 11.3 Å². The third-order valence-electron chi connectivity index (χ3n) is 4.64. The van der Waals surface area contributed by atoms with Gasteiger partial charge < -0.3 is 15.3 Å². The third-order valence-corrected chi connectivity index (χ3v) is 5.95. The smallest absolute Gasteiger partial charge is 0.198 e. The van der Waals surface area contributed by atoms with Crippen LogP contribution >= 0.6 is 11.3 Å². The molecule has 3 aromatic rings. The Kier molecular flexibility index (Phi) is 5.25. The molecule has 2 N–H and O–H groups in total. The molecule has 0 amide bonds. The average molecular weight is 356 g/mol. The summed E-state index contributed by atoms with van der Waals surface area (Å²) in [6, 6.07) is 9.40. The zero-order valence-corrected chi connectivity index (χ0v) is 15.7. The number of hydrogen-bond acceptors (Lipinski definition) is 5. The number of fused-ring (bicyclic) bond motifs is 2. The van der Waals surface area contributed by atoms with E-state index in [-0.39, 0.29) is 11.2 Å². The molecule has 0 aliphatic heterocycles. The van der Waals surface area contributed by atoms with Crippen molar-refractivity contribution in [2.45, 2.75) is 20.8 Å². The lowest BCUT2D eigenvalue weighted by Crippen LogP contribution is -2.28. The van der Waals surface area contributed by atoms with E-state index in [1.54, 1.807) is 17.4 Å². The topological polar surface area (TPSA) is 52.6 Å². The SMILES string of the molecule is CCN(CC)CCNc1c(O)cc(C)c2sc3ccccc3c(=O)c12. The zero-order valence-electron chi connectivity index (χ0n) is 14.9. The number of aromatic hydroxyl groups is 1. The Bertz CT molecular complexity index is 961. The summed E-state index contributed by atoms with van der Waals surface area (Å²) >= 11 is 1.60. The van der Waals surface area contributed by atoms with Gasteiger partial charge in [-0.05, 0) is 43.8 Å². The molecule has 0 bridgehead atoms. The maximum Gasteiger partial charge on any atom is 0.198 e. The second kappa shape index (κ2) is 7.42. The summed E-state index contributed by atoms with van der Waals surface area (Å²) < 4.78 is 1.91. The molecule has 1 heterocycles. The summed E-state index contributed by atoms with van der Waals surface area (Å²) in [6.07, 6.45) is 0. The highest BCUT2D eigenvalue weighted by molar-refractivity contribution is 7.24. The fourth-order valence-electron chi connectivity index (χ4n) is 3.18. The first-order chi connectivity index (χ1) is 12.1. The zero-order chi connectivity index (χ0) is 18.0. The standard InChI is InChI=1S/C20H24N2O2S/c1-4-22(5-2)11-10-21-18-15(23)12-13(3)20-17(18)19(24)14-8-6-7-9-16(14)25-20/h6-9,12,21,23H,4-5,10-11H2,1-3H3. The second-order valence-electron chi connectivity index (χ2n) is 6.17. The van der Waals surface area contributed by atoms with E-state index in [9.17, 15) is 9.90 Å². The average Bonchev–Trinajstić information content (AvgIpc) is 2.62. The quantitative estimate of drug-likeness (QED) is 0.514. The minimum atomic E-state index is -0.0197. The summed E-state index contributed by atoms with van der Waals surface area (Å²) in [4.78, 5) is 15.4. The summed E-state index contributed by atoms with van der Waals surface area (Å²) in [6.45, 7) is 9.72. The van der Waals surface area contributed by atoms with E-state index in [1.807, 2.05) is 31.2 Å². The number of aryl methyl sites for hydroxylation is 1. The molecular weight excluding hydrogens is 332 g/mol. The molecule has 4 nitrogen and oxygen atoms in total. The maximum absolute atomic E-state index is 13.1. The van der Waals surface area contributed by atoms with Gasteiger partial charge >= 0.3 is 0 Å². The Morgan fingerprint density at radius 1 is 1.20 bits per heavy atom. The van der Waals surface area contributed by atoms with Gasteiger partial charge in [0.15, 0.2) is 5.43 Å². The molecule has 3 rings (SSSR count). The van der Waals surface area contributed by atoms with Gasteiger partial charge in [-0.25, -0.2) is 0 Å². The van der Waals surface area contributed by atoms with Crippen LogP contribution in [0.25, 0.3) is 20.2 Å². The van der Waals surface area contributed by atoms with E-state index in [4.69, 9.17) is 0 Å². The van der Waals surface area contributed by atoms with E-state index in [0.29, 0.717) is 23.0 Å². The molecule has 0 aliphatic rings. The minimum absolute atomic E-state index is 0.0197. The Morgan fingerprint density at radius 3 is 2.64 bits per heavy atom. The van der Waals surface area contributed by atoms with Crippen molar-refractivity contribution in [2.24, 2.45) is 0 Å². The maximum atomic E-state index is 13.1. The number of phenolic OH excluding ortho intramolecular Hbond substituents is 1. The van der Waals surface area contributed by atoms with E-state index in [1.165, 1.54) is 0 Å². The Labute approximate surface area is 151 Å². The van der Waals surface area contributed by atoms with E-state index >= 15 is 0 Å². The summed E-state index contributed by atoms with van der Waals surface area (Å²) in [5, 5.41) is 15.1. The largest absolute Gasteiger partial charge is 0.506 e. The first-order valence-electron chi connectivity index (χ1n) is 8.71. The molecule has 1 aromatic heterocycles. The summed E-state index contributed by atoms with van der Waals surface area (Å²) in [7, 11) is 0. The van der Waals surface area contributed by atoms with Gasteiger partial charge in [0.25, 0.3) is 0 Å². The number of rotatable bonds is 6. The molecule has 25 heavy (non-hydrogen) atoms. The first-order valence-corrected chi connectivity index (χ1v) is 9.52. The van der Waals surface area contributed by atoms with Gasteiger partial charge in [0.2, 0.25) is 0 Å². The van der Waals surface area contributed by atoms with Crippen LogP contribution in [0, 0.1) is 6.92 Å². The molecular formula is C20H24N2O2S. The molecule has 132 valence electrons. The highest BCUT2D eigenvalue weighted by Crippen LogP contribution is 2.37. The van der Waals surface area contributed by atoms with Crippen molar-refractivity contribution in [3.05, 3.63) is 46.1 Å². The number of nitrogens with zero attached hydrogens (tertiary/aromatic N) is 1. The molecule has 0 spiro atoms. The van der Waals surface area contributed by atoms with Crippen LogP contribution < -0.4 is 10.7 Å². The molecule has 0 saturated heterocycles. The monoisotopic (exact) mass is 356 g/mol. The van der Waals surface area contributed by atoms with Crippen LogP contribution in [-0.4, -0.2) is 36.2 Å². The van der Waals surface area contributed by atoms with Crippen molar-refractivity contribution in [1.82, 2.24) is 4.90 Å². The van der Waals surface area contributed by atoms with Crippen LogP contribution in [0.4, 0.5) is 5.69 Å². The Balaban J connectivity index is 2.11. The van der Waals surface area contributed by atoms with Gasteiger partial charge in [0.05, 0.1) is 11.1 Å². The number of benzene rings is 2. The van der Waals surface area contributed by atoms with Crippen LogP contribution in [0.5, 0.6) is 5.75 Å². The molecule has 0 aliphatic carbocycles. The van der Waals surface area contributed by atoms with Crippen molar-refractivity contribution in [3.8, 4) is 5.75 Å². The van der Waals surface area contributed by atoms with Crippen molar-refractivity contribution in [3.63, 3.8) is 0 Å². The number of likely N-dealkylation sites (N-methyl/N-ethyl adjacent to an activating group) is 1. The van der Waals surface area contributed by atoms with Gasteiger partial charge in [0.1, 0.15) is 5.75 Å². The van der Waals surface area contributed by atoms with E-state index < -0.39 is 0 Å². The van der Waals surface area contributed by atoms with E-state index in [0.717, 1.165) is 34.6 Å². The summed E-state index contributed by atoms with van der Waals surface area (Å²) in [5.74, 6) is 0.143. The van der Waals surface area contributed by atoms with Crippen LogP contribution in [0.3, 0.4) is 0 Å². The van der Waals surface area contributed by atoms with Gasteiger partial charge in [-0.1, -0.05) is 26.0 Å². The van der Waals surface area contributed by atoms with E-state index in [2.05, 4.69) is 24.1 Å². The van der Waals surface area contributed by atoms with Gasteiger partial charge in [-0.2, -0.15) is 0 Å². The third kappa shape index (κ3) is 3.34. The fraction of sp³-hybridized carbons (Fsp3) is 0.350. The highest BCUT2D eigenvalue weighted by atomic mass is 32.1.